The van der Waals surface area contributed by atoms with Crippen LogP contribution in [0.15, 0.2) is 12.3 Å². The van der Waals surface area contributed by atoms with Gasteiger partial charge in [0.05, 0.1) is 11.5 Å². The zero-order valence-corrected chi connectivity index (χ0v) is 9.31. The lowest BCUT2D eigenvalue weighted by Crippen LogP contribution is -2.40. The van der Waals surface area contributed by atoms with Crippen molar-refractivity contribution in [3.63, 3.8) is 0 Å². The second-order valence-corrected chi connectivity index (χ2v) is 5.79. The van der Waals surface area contributed by atoms with Crippen molar-refractivity contribution in [3.05, 3.63) is 18.1 Å². The molecular formula is C9H10N4O2S. The van der Waals surface area contributed by atoms with Gasteiger partial charge in [-0.15, -0.1) is 0 Å². The van der Waals surface area contributed by atoms with Crippen LogP contribution in [0, 0.1) is 11.3 Å². The molecule has 2 heterocycles. The summed E-state index contributed by atoms with van der Waals surface area (Å²) in [5, 5.41) is 8.65. The first-order valence-electron chi connectivity index (χ1n) is 4.79. The lowest BCUT2D eigenvalue weighted by Gasteiger charge is -2.27. The van der Waals surface area contributed by atoms with E-state index < -0.39 is 9.84 Å². The number of aromatic nitrogens is 2. The van der Waals surface area contributed by atoms with Gasteiger partial charge in [0.1, 0.15) is 11.9 Å². The van der Waals surface area contributed by atoms with Crippen LogP contribution < -0.4 is 4.90 Å². The summed E-state index contributed by atoms with van der Waals surface area (Å²) in [6.07, 6.45) is 1.50. The molecule has 0 saturated carbocycles. The first-order valence-corrected chi connectivity index (χ1v) is 6.61. The summed E-state index contributed by atoms with van der Waals surface area (Å²) in [5.41, 5.74) is 0. The Morgan fingerprint density at radius 3 is 2.69 bits per heavy atom. The van der Waals surface area contributed by atoms with Gasteiger partial charge in [0.15, 0.2) is 9.84 Å². The topological polar surface area (TPSA) is 87.0 Å². The number of nitriles is 1. The summed E-state index contributed by atoms with van der Waals surface area (Å²) in [4.78, 5) is 9.64. The molecule has 0 amide bonds. The van der Waals surface area contributed by atoms with Crippen molar-refractivity contribution in [3.8, 4) is 6.07 Å². The van der Waals surface area contributed by atoms with Crippen molar-refractivity contribution < 1.29 is 8.42 Å². The number of nitrogens with zero attached hydrogens (tertiary/aromatic N) is 4. The van der Waals surface area contributed by atoms with Crippen LogP contribution in [-0.2, 0) is 9.84 Å². The van der Waals surface area contributed by atoms with Gasteiger partial charge >= 0.3 is 0 Å². The van der Waals surface area contributed by atoms with Crippen LogP contribution in [0.2, 0.25) is 0 Å². The van der Waals surface area contributed by atoms with Crippen LogP contribution in [0.25, 0.3) is 0 Å². The number of rotatable bonds is 1. The Kier molecular flexibility index (Phi) is 2.75. The Hall–Kier alpha value is -1.68. The monoisotopic (exact) mass is 238 g/mol. The fourth-order valence-electron chi connectivity index (χ4n) is 1.52. The quantitative estimate of drug-likeness (QED) is 0.660. The average molecular weight is 238 g/mol. The molecule has 1 aromatic heterocycles. The van der Waals surface area contributed by atoms with Gasteiger partial charge in [0.2, 0.25) is 5.82 Å². The normalized spacial score (nSPS) is 19.1. The molecular weight excluding hydrogens is 228 g/mol. The van der Waals surface area contributed by atoms with E-state index in [1.807, 2.05) is 11.0 Å². The Labute approximate surface area is 93.5 Å². The van der Waals surface area contributed by atoms with E-state index in [0.717, 1.165) is 0 Å². The number of hydrogen-bond acceptors (Lipinski definition) is 6. The maximum absolute atomic E-state index is 11.2. The second kappa shape index (κ2) is 4.06. The minimum atomic E-state index is -2.89. The number of hydrogen-bond donors (Lipinski definition) is 0. The maximum Gasteiger partial charge on any atom is 0.234 e. The van der Waals surface area contributed by atoms with Crippen LogP contribution in [0.4, 0.5) is 5.82 Å². The van der Waals surface area contributed by atoms with Crippen LogP contribution in [0.5, 0.6) is 0 Å². The Morgan fingerprint density at radius 2 is 2.06 bits per heavy atom. The predicted octanol–water partition coefficient (Wildman–Crippen LogP) is -0.417. The van der Waals surface area contributed by atoms with Gasteiger partial charge in [-0.1, -0.05) is 0 Å². The molecule has 2 rings (SSSR count). The molecule has 0 aliphatic carbocycles. The molecule has 6 nitrogen and oxygen atoms in total. The van der Waals surface area contributed by atoms with Crippen LogP contribution in [-0.4, -0.2) is 43.0 Å². The van der Waals surface area contributed by atoms with Crippen molar-refractivity contribution in [2.75, 3.05) is 29.5 Å². The van der Waals surface area contributed by atoms with E-state index in [4.69, 9.17) is 5.26 Å². The zero-order chi connectivity index (χ0) is 11.6. The van der Waals surface area contributed by atoms with Gasteiger partial charge < -0.3 is 4.90 Å². The summed E-state index contributed by atoms with van der Waals surface area (Å²) < 4.78 is 22.5. The molecule has 0 bridgehead atoms. The SMILES string of the molecule is N#Cc1nccc(N2CCS(=O)(=O)CC2)n1. The molecule has 1 aliphatic rings. The molecule has 0 radical (unpaired) electrons. The van der Waals surface area contributed by atoms with Gasteiger partial charge in [-0.05, 0) is 6.07 Å². The van der Waals surface area contributed by atoms with Crippen LogP contribution >= 0.6 is 0 Å². The molecule has 0 N–H and O–H groups in total. The van der Waals surface area contributed by atoms with E-state index in [-0.39, 0.29) is 17.3 Å². The van der Waals surface area contributed by atoms with E-state index in [1.54, 1.807) is 6.07 Å². The maximum atomic E-state index is 11.2. The highest BCUT2D eigenvalue weighted by Gasteiger charge is 2.22. The summed E-state index contributed by atoms with van der Waals surface area (Å²) in [6.45, 7) is 0.842. The van der Waals surface area contributed by atoms with Crippen molar-refractivity contribution in [1.82, 2.24) is 9.97 Å². The van der Waals surface area contributed by atoms with Crippen molar-refractivity contribution in [1.29, 1.82) is 5.26 Å². The van der Waals surface area contributed by atoms with Gasteiger partial charge in [0.25, 0.3) is 0 Å². The largest absolute Gasteiger partial charge is 0.354 e. The average Bonchev–Trinajstić information content (AvgIpc) is 2.29. The lowest BCUT2D eigenvalue weighted by molar-refractivity contribution is 0.586. The Bertz CT molecular complexity index is 521. The van der Waals surface area contributed by atoms with Gasteiger partial charge in [-0.2, -0.15) is 5.26 Å². The van der Waals surface area contributed by atoms with Gasteiger partial charge in [-0.25, -0.2) is 18.4 Å². The van der Waals surface area contributed by atoms with Crippen molar-refractivity contribution in [2.45, 2.75) is 0 Å². The highest BCUT2D eigenvalue weighted by Crippen LogP contribution is 2.13. The van der Waals surface area contributed by atoms with Crippen molar-refractivity contribution >= 4 is 15.7 Å². The second-order valence-electron chi connectivity index (χ2n) is 3.49. The molecule has 16 heavy (non-hydrogen) atoms. The van der Waals surface area contributed by atoms with E-state index in [9.17, 15) is 8.42 Å². The summed E-state index contributed by atoms with van der Waals surface area (Å²) in [5.74, 6) is 0.991. The van der Waals surface area contributed by atoms with E-state index in [2.05, 4.69) is 9.97 Å². The first-order chi connectivity index (χ1) is 7.61. The summed E-state index contributed by atoms with van der Waals surface area (Å²) in [7, 11) is -2.89. The van der Waals surface area contributed by atoms with E-state index >= 15 is 0 Å². The van der Waals surface area contributed by atoms with E-state index in [0.29, 0.717) is 18.9 Å². The Balaban J connectivity index is 2.17. The molecule has 84 valence electrons. The molecule has 0 atom stereocenters. The van der Waals surface area contributed by atoms with Crippen molar-refractivity contribution in [2.24, 2.45) is 0 Å². The third kappa shape index (κ3) is 2.28. The van der Waals surface area contributed by atoms with Gasteiger partial charge in [-0.3, -0.25) is 0 Å². The standard InChI is InChI=1S/C9H10N4O2S/c10-7-8-11-2-1-9(12-8)13-3-5-16(14,15)6-4-13/h1-2H,3-6H2. The predicted molar refractivity (Wildman–Crippen MR) is 57.6 cm³/mol. The highest BCUT2D eigenvalue weighted by molar-refractivity contribution is 7.91. The number of sulfone groups is 1. The minimum absolute atomic E-state index is 0.103. The Morgan fingerprint density at radius 1 is 1.38 bits per heavy atom. The molecule has 1 fully saturated rings. The molecule has 0 spiro atoms. The zero-order valence-electron chi connectivity index (χ0n) is 8.50. The molecule has 0 aromatic carbocycles. The molecule has 1 aromatic rings. The highest BCUT2D eigenvalue weighted by atomic mass is 32.2. The molecule has 1 saturated heterocycles. The molecule has 7 heteroatoms. The van der Waals surface area contributed by atoms with Gasteiger partial charge in [0, 0.05) is 19.3 Å². The van der Waals surface area contributed by atoms with Crippen LogP contribution in [0.3, 0.4) is 0 Å². The fourth-order valence-corrected chi connectivity index (χ4v) is 2.72. The van der Waals surface area contributed by atoms with E-state index in [1.165, 1.54) is 6.20 Å². The fraction of sp³-hybridized carbons (Fsp3) is 0.444. The smallest absolute Gasteiger partial charge is 0.234 e. The third-order valence-electron chi connectivity index (χ3n) is 2.41. The summed E-state index contributed by atoms with van der Waals surface area (Å²) in [6, 6.07) is 3.53. The lowest BCUT2D eigenvalue weighted by atomic mass is 10.4. The first kappa shape index (κ1) is 10.8. The number of anilines is 1. The third-order valence-corrected chi connectivity index (χ3v) is 4.02. The minimum Gasteiger partial charge on any atom is -0.354 e. The van der Waals surface area contributed by atoms with Crippen LogP contribution in [0.1, 0.15) is 5.82 Å². The molecule has 1 aliphatic heterocycles. The molecule has 0 unspecified atom stereocenters. The summed E-state index contributed by atoms with van der Waals surface area (Å²) >= 11 is 0.